The second-order valence-electron chi connectivity index (χ2n) is 3.10. The average molecular weight is 166 g/mol. The Hall–Kier alpha value is -1.12. The molecule has 0 aromatic heterocycles. The maximum atomic E-state index is 11.1. The molecule has 3 nitrogen and oxygen atoms in total. The van der Waals surface area contributed by atoms with Crippen LogP contribution in [0.15, 0.2) is 17.1 Å². The summed E-state index contributed by atoms with van der Waals surface area (Å²) in [5.74, 6) is 0.351. The van der Waals surface area contributed by atoms with Gasteiger partial charge in [0.25, 0.3) is 0 Å². The molecule has 3 heteroatoms. The molecule has 0 aromatic carbocycles. The third-order valence-corrected chi connectivity index (χ3v) is 1.94. The summed E-state index contributed by atoms with van der Waals surface area (Å²) in [5, 5.41) is 0. The van der Waals surface area contributed by atoms with E-state index in [-0.39, 0.29) is 6.03 Å². The molecule has 0 aliphatic carbocycles. The van der Waals surface area contributed by atoms with Gasteiger partial charge in [-0.2, -0.15) is 4.99 Å². The minimum atomic E-state index is -0.138. The molecule has 2 amide bonds. The van der Waals surface area contributed by atoms with Gasteiger partial charge in [0.1, 0.15) is 0 Å². The Kier molecular flexibility index (Phi) is 2.63. The van der Waals surface area contributed by atoms with Crippen molar-refractivity contribution >= 4 is 11.7 Å². The molecule has 1 unspecified atom stereocenters. The number of carbonyl (C=O) groups excluding carboxylic acids is 1. The third kappa shape index (κ3) is 1.72. The maximum Gasteiger partial charge on any atom is 0.343 e. The van der Waals surface area contributed by atoms with Crippen LogP contribution >= 0.6 is 0 Å². The molecule has 0 saturated heterocycles. The fourth-order valence-corrected chi connectivity index (χ4v) is 1.26. The van der Waals surface area contributed by atoms with Gasteiger partial charge in [-0.25, -0.2) is 4.79 Å². The number of carbonyl (C=O) groups is 1. The van der Waals surface area contributed by atoms with E-state index < -0.39 is 0 Å². The standard InChI is InChI=1S/C9H14N2O/c1-4-5-8-7(2)6-11(3)9(12)10-8/h4-5,7H,6H2,1-3H3/b5-4-. The summed E-state index contributed by atoms with van der Waals surface area (Å²) in [7, 11) is 1.77. The zero-order valence-electron chi connectivity index (χ0n) is 7.74. The Balaban J connectivity index is 2.85. The summed E-state index contributed by atoms with van der Waals surface area (Å²) in [4.78, 5) is 16.7. The Bertz CT molecular complexity index is 243. The summed E-state index contributed by atoms with van der Waals surface area (Å²) < 4.78 is 0. The van der Waals surface area contributed by atoms with Crippen LogP contribution in [0.1, 0.15) is 13.8 Å². The van der Waals surface area contributed by atoms with Crippen molar-refractivity contribution in [1.82, 2.24) is 4.90 Å². The van der Waals surface area contributed by atoms with Gasteiger partial charge < -0.3 is 4.90 Å². The van der Waals surface area contributed by atoms with Crippen molar-refractivity contribution in [2.24, 2.45) is 10.9 Å². The number of hydrogen-bond acceptors (Lipinski definition) is 1. The van der Waals surface area contributed by atoms with Crippen molar-refractivity contribution in [3.63, 3.8) is 0 Å². The van der Waals surface area contributed by atoms with E-state index in [2.05, 4.69) is 11.9 Å². The van der Waals surface area contributed by atoms with Gasteiger partial charge in [-0.1, -0.05) is 13.0 Å². The highest BCUT2D eigenvalue weighted by atomic mass is 16.2. The topological polar surface area (TPSA) is 32.7 Å². The van der Waals surface area contributed by atoms with Crippen LogP contribution in [-0.2, 0) is 0 Å². The first-order valence-corrected chi connectivity index (χ1v) is 4.11. The number of urea groups is 1. The Morgan fingerprint density at radius 1 is 1.67 bits per heavy atom. The van der Waals surface area contributed by atoms with Gasteiger partial charge in [-0.3, -0.25) is 0 Å². The summed E-state index contributed by atoms with van der Waals surface area (Å²) in [5.41, 5.74) is 0.889. The lowest BCUT2D eigenvalue weighted by atomic mass is 10.0. The lowest BCUT2D eigenvalue weighted by Crippen LogP contribution is -2.37. The van der Waals surface area contributed by atoms with E-state index in [4.69, 9.17) is 0 Å². The number of rotatable bonds is 1. The molecule has 1 aliphatic rings. The number of allylic oxidation sites excluding steroid dienone is 2. The van der Waals surface area contributed by atoms with Crippen molar-refractivity contribution in [2.45, 2.75) is 13.8 Å². The van der Waals surface area contributed by atoms with Crippen molar-refractivity contribution in [2.75, 3.05) is 13.6 Å². The maximum absolute atomic E-state index is 11.1. The Morgan fingerprint density at radius 3 is 2.92 bits per heavy atom. The highest BCUT2D eigenvalue weighted by molar-refractivity contribution is 6.05. The molecule has 0 bridgehead atoms. The molecule has 0 spiro atoms. The lowest BCUT2D eigenvalue weighted by molar-refractivity contribution is 0.213. The normalized spacial score (nSPS) is 24.9. The monoisotopic (exact) mass is 166 g/mol. The molecule has 1 rings (SSSR count). The second kappa shape index (κ2) is 3.52. The summed E-state index contributed by atoms with van der Waals surface area (Å²) in [6, 6.07) is -0.138. The fraction of sp³-hybridized carbons (Fsp3) is 0.556. The zero-order chi connectivity index (χ0) is 9.14. The first kappa shape index (κ1) is 8.97. The van der Waals surface area contributed by atoms with Crippen LogP contribution in [0.25, 0.3) is 0 Å². The van der Waals surface area contributed by atoms with E-state index in [9.17, 15) is 4.79 Å². The van der Waals surface area contributed by atoms with Crippen molar-refractivity contribution in [1.29, 1.82) is 0 Å². The zero-order valence-corrected chi connectivity index (χ0v) is 7.74. The average Bonchev–Trinajstić information content (AvgIpc) is 2.01. The molecule has 66 valence electrons. The first-order valence-electron chi connectivity index (χ1n) is 4.11. The van der Waals surface area contributed by atoms with Crippen molar-refractivity contribution in [3.8, 4) is 0 Å². The summed E-state index contributed by atoms with van der Waals surface area (Å²) in [6.07, 6.45) is 3.81. The van der Waals surface area contributed by atoms with E-state index >= 15 is 0 Å². The van der Waals surface area contributed by atoms with Gasteiger partial charge in [-0.05, 0) is 13.0 Å². The molecule has 0 fully saturated rings. The molecule has 1 heterocycles. The molecule has 1 atom stereocenters. The van der Waals surface area contributed by atoms with Crippen LogP contribution in [0.4, 0.5) is 4.79 Å². The van der Waals surface area contributed by atoms with Gasteiger partial charge in [0.05, 0.1) is 5.71 Å². The van der Waals surface area contributed by atoms with E-state index in [0.717, 1.165) is 12.3 Å². The second-order valence-corrected chi connectivity index (χ2v) is 3.10. The third-order valence-electron chi connectivity index (χ3n) is 1.94. The van der Waals surface area contributed by atoms with E-state index in [0.29, 0.717) is 5.92 Å². The van der Waals surface area contributed by atoms with Crippen LogP contribution in [0, 0.1) is 5.92 Å². The minimum absolute atomic E-state index is 0.138. The van der Waals surface area contributed by atoms with Gasteiger partial charge in [0, 0.05) is 19.5 Å². The molecule has 0 radical (unpaired) electrons. The van der Waals surface area contributed by atoms with Gasteiger partial charge in [-0.15, -0.1) is 0 Å². The van der Waals surface area contributed by atoms with Crippen LogP contribution < -0.4 is 0 Å². The molecule has 0 saturated carbocycles. The molecular formula is C9H14N2O. The number of aliphatic imine (C=N–C) groups is 1. The number of hydrogen-bond donors (Lipinski definition) is 0. The smallest absolute Gasteiger partial charge is 0.325 e. The van der Waals surface area contributed by atoms with Crippen LogP contribution in [0.3, 0.4) is 0 Å². The number of nitrogens with zero attached hydrogens (tertiary/aromatic N) is 2. The molecule has 0 aromatic rings. The van der Waals surface area contributed by atoms with Crippen molar-refractivity contribution in [3.05, 3.63) is 12.2 Å². The largest absolute Gasteiger partial charge is 0.343 e. The predicted octanol–water partition coefficient (Wildman–Crippen LogP) is 1.71. The summed E-state index contributed by atoms with van der Waals surface area (Å²) in [6.45, 7) is 4.77. The van der Waals surface area contributed by atoms with Crippen molar-refractivity contribution < 1.29 is 4.79 Å². The number of amides is 2. The Labute approximate surface area is 72.8 Å². The van der Waals surface area contributed by atoms with Gasteiger partial charge in [0.2, 0.25) is 0 Å². The highest BCUT2D eigenvalue weighted by Crippen LogP contribution is 2.10. The van der Waals surface area contributed by atoms with E-state index in [1.165, 1.54) is 0 Å². The van der Waals surface area contributed by atoms with Crippen LogP contribution in [0.5, 0.6) is 0 Å². The first-order chi connectivity index (χ1) is 5.65. The highest BCUT2D eigenvalue weighted by Gasteiger charge is 2.20. The summed E-state index contributed by atoms with van der Waals surface area (Å²) >= 11 is 0. The molecular weight excluding hydrogens is 152 g/mol. The van der Waals surface area contributed by atoms with E-state index in [1.807, 2.05) is 19.1 Å². The molecule has 1 aliphatic heterocycles. The SMILES string of the molecule is C/C=C\C1=NC(=O)N(C)CC1C. The minimum Gasteiger partial charge on any atom is -0.325 e. The molecule has 0 N–H and O–H groups in total. The van der Waals surface area contributed by atoms with Gasteiger partial charge >= 0.3 is 6.03 Å². The lowest BCUT2D eigenvalue weighted by Gasteiger charge is -2.24. The van der Waals surface area contributed by atoms with E-state index in [1.54, 1.807) is 11.9 Å². The quantitative estimate of drug-likeness (QED) is 0.583. The van der Waals surface area contributed by atoms with Crippen LogP contribution in [0.2, 0.25) is 0 Å². The van der Waals surface area contributed by atoms with Crippen LogP contribution in [-0.4, -0.2) is 30.2 Å². The fourth-order valence-electron chi connectivity index (χ4n) is 1.26. The molecule has 12 heavy (non-hydrogen) atoms. The predicted molar refractivity (Wildman–Crippen MR) is 49.4 cm³/mol. The Morgan fingerprint density at radius 2 is 2.33 bits per heavy atom. The van der Waals surface area contributed by atoms with Gasteiger partial charge in [0.15, 0.2) is 0 Å².